The average molecular weight is 388 g/mol. The van der Waals surface area contributed by atoms with E-state index in [0.717, 1.165) is 6.07 Å². The largest absolute Gasteiger partial charge is 0.444 e. The molecule has 1 amide bonds. The van der Waals surface area contributed by atoms with Crippen LogP contribution in [0.25, 0.3) is 10.9 Å². The minimum atomic E-state index is -0.558. The number of nitriles is 1. The third-order valence-corrected chi connectivity index (χ3v) is 4.92. The Morgan fingerprint density at radius 3 is 2.50 bits per heavy atom. The number of aryl methyl sites for hydroxylation is 1. The lowest BCUT2D eigenvalue weighted by atomic mass is 10.1. The van der Waals surface area contributed by atoms with Gasteiger partial charge >= 0.3 is 6.09 Å². The van der Waals surface area contributed by atoms with Gasteiger partial charge in [0.15, 0.2) is 0 Å². The van der Waals surface area contributed by atoms with Gasteiger partial charge in [-0.15, -0.1) is 0 Å². The molecule has 0 atom stereocenters. The topological polar surface area (TPSA) is 80.3 Å². The van der Waals surface area contributed by atoms with E-state index in [2.05, 4.69) is 0 Å². The number of halogens is 1. The van der Waals surface area contributed by atoms with Crippen molar-refractivity contribution in [3.63, 3.8) is 0 Å². The molecule has 2 aromatic rings. The summed E-state index contributed by atoms with van der Waals surface area (Å²) in [5, 5.41) is 9.57. The molecule has 1 aromatic carbocycles. The van der Waals surface area contributed by atoms with Crippen molar-refractivity contribution < 1.29 is 13.9 Å². The van der Waals surface area contributed by atoms with Crippen LogP contribution in [0.4, 0.5) is 9.18 Å². The zero-order valence-electron chi connectivity index (χ0n) is 16.7. The van der Waals surface area contributed by atoms with Crippen molar-refractivity contribution in [2.75, 3.05) is 13.1 Å². The number of likely N-dealkylation sites (tertiary alicyclic amines) is 1. The van der Waals surface area contributed by atoms with Gasteiger partial charge in [0, 0.05) is 19.6 Å². The first-order valence-corrected chi connectivity index (χ1v) is 9.49. The maximum Gasteiger partial charge on any atom is 0.410 e. The van der Waals surface area contributed by atoms with E-state index in [1.165, 1.54) is 6.07 Å². The van der Waals surface area contributed by atoms with Gasteiger partial charge in [0.1, 0.15) is 17.5 Å². The minimum absolute atomic E-state index is 0.0483. The summed E-state index contributed by atoms with van der Waals surface area (Å²) >= 11 is 0. The van der Waals surface area contributed by atoms with Gasteiger partial charge in [-0.05, 0) is 52.7 Å². The summed E-state index contributed by atoms with van der Waals surface area (Å²) in [6, 6.07) is 4.19. The predicted octanol–water partition coefficient (Wildman–Crippen LogP) is 3.41. The fourth-order valence-electron chi connectivity index (χ4n) is 3.75. The molecule has 1 aromatic heterocycles. The molecule has 0 N–H and O–H groups in total. The van der Waals surface area contributed by atoms with Crippen LogP contribution in [0.3, 0.4) is 0 Å². The lowest BCUT2D eigenvalue weighted by Gasteiger charge is -2.34. The molecule has 1 saturated heterocycles. The lowest BCUT2D eigenvalue weighted by molar-refractivity contribution is 0.0180. The summed E-state index contributed by atoms with van der Waals surface area (Å²) < 4.78 is 22.7. The molecule has 1 aliphatic rings. The smallest absolute Gasteiger partial charge is 0.410 e. The van der Waals surface area contributed by atoms with Crippen molar-refractivity contribution >= 4 is 17.0 Å². The number of fused-ring (bicyclic) bond motifs is 1. The third-order valence-electron chi connectivity index (χ3n) is 4.92. The molecule has 0 radical (unpaired) electrons. The number of ether oxygens (including phenoxy) is 1. The second kappa shape index (κ2) is 7.30. The third kappa shape index (κ3) is 3.61. The van der Waals surface area contributed by atoms with Gasteiger partial charge in [0.25, 0.3) is 5.56 Å². The van der Waals surface area contributed by atoms with E-state index in [1.807, 2.05) is 33.8 Å². The maximum absolute atomic E-state index is 13.9. The maximum atomic E-state index is 13.9. The van der Waals surface area contributed by atoms with Gasteiger partial charge in [0.2, 0.25) is 0 Å². The number of nitrogens with zero attached hydrogens (tertiary/aromatic N) is 4. The van der Waals surface area contributed by atoms with Gasteiger partial charge < -0.3 is 9.64 Å². The monoisotopic (exact) mass is 388 g/mol. The standard InChI is InChI=1S/C20H25FN4O3/c1-5-24-16-11-14(21)10-13(12-22)17(16)18(26)25(24)15-6-8-23(9-7-15)19(27)28-20(2,3)4/h10-11,15H,5-9H2,1-4H3. The van der Waals surface area contributed by atoms with Crippen molar-refractivity contribution in [1.82, 2.24) is 14.3 Å². The van der Waals surface area contributed by atoms with Gasteiger partial charge in [-0.25, -0.2) is 13.9 Å². The Morgan fingerprint density at radius 1 is 1.32 bits per heavy atom. The highest BCUT2D eigenvalue weighted by molar-refractivity contribution is 5.85. The fourth-order valence-corrected chi connectivity index (χ4v) is 3.75. The summed E-state index contributed by atoms with van der Waals surface area (Å²) in [6.45, 7) is 8.75. The number of hydrogen-bond acceptors (Lipinski definition) is 4. The number of amides is 1. The van der Waals surface area contributed by atoms with E-state index in [9.17, 15) is 19.2 Å². The van der Waals surface area contributed by atoms with Crippen molar-refractivity contribution in [1.29, 1.82) is 5.26 Å². The fraction of sp³-hybridized carbons (Fsp3) is 0.550. The summed E-state index contributed by atoms with van der Waals surface area (Å²) in [5.74, 6) is -0.539. The minimum Gasteiger partial charge on any atom is -0.444 e. The van der Waals surface area contributed by atoms with E-state index in [0.29, 0.717) is 38.0 Å². The number of carbonyl (C=O) groups is 1. The number of piperidine rings is 1. The molecule has 1 fully saturated rings. The van der Waals surface area contributed by atoms with E-state index in [1.54, 1.807) is 14.3 Å². The predicted molar refractivity (Wildman–Crippen MR) is 103 cm³/mol. The normalized spacial score (nSPS) is 15.6. The highest BCUT2D eigenvalue weighted by Gasteiger charge is 2.30. The molecule has 8 heteroatoms. The summed E-state index contributed by atoms with van der Waals surface area (Å²) in [7, 11) is 0. The molecule has 150 valence electrons. The number of rotatable bonds is 2. The molecule has 0 unspecified atom stereocenters. The molecule has 7 nitrogen and oxygen atoms in total. The first-order chi connectivity index (χ1) is 13.2. The van der Waals surface area contributed by atoms with E-state index < -0.39 is 11.4 Å². The number of aromatic nitrogens is 2. The SMILES string of the molecule is CCn1c2cc(F)cc(C#N)c2c(=O)n1C1CCN(C(=O)OC(C)(C)C)CC1. The molecule has 28 heavy (non-hydrogen) atoms. The van der Waals surface area contributed by atoms with Gasteiger partial charge in [-0.1, -0.05) is 0 Å². The number of benzene rings is 1. The molecule has 2 heterocycles. The van der Waals surface area contributed by atoms with Gasteiger partial charge in [-0.3, -0.25) is 9.48 Å². The van der Waals surface area contributed by atoms with Gasteiger partial charge in [0.05, 0.1) is 22.5 Å². The Labute approximate surface area is 162 Å². The Balaban J connectivity index is 1.92. The van der Waals surface area contributed by atoms with Crippen molar-refractivity contribution in [3.8, 4) is 6.07 Å². The van der Waals surface area contributed by atoms with Crippen molar-refractivity contribution in [2.45, 2.75) is 58.7 Å². The van der Waals surface area contributed by atoms with Crippen LogP contribution in [0.5, 0.6) is 0 Å². The molecule has 1 aliphatic heterocycles. The highest BCUT2D eigenvalue weighted by Crippen LogP contribution is 2.26. The molecular weight excluding hydrogens is 363 g/mol. The summed E-state index contributed by atoms with van der Waals surface area (Å²) in [5.41, 5.74) is -0.369. The van der Waals surface area contributed by atoms with Crippen LogP contribution in [-0.4, -0.2) is 39.0 Å². The van der Waals surface area contributed by atoms with Crippen LogP contribution in [0.2, 0.25) is 0 Å². The Morgan fingerprint density at radius 2 is 1.96 bits per heavy atom. The number of hydrogen-bond donors (Lipinski definition) is 0. The molecule has 0 aliphatic carbocycles. The first kappa shape index (κ1) is 19.9. The van der Waals surface area contributed by atoms with Crippen LogP contribution in [-0.2, 0) is 11.3 Å². The van der Waals surface area contributed by atoms with Crippen LogP contribution < -0.4 is 5.56 Å². The highest BCUT2D eigenvalue weighted by atomic mass is 19.1. The van der Waals surface area contributed by atoms with E-state index in [4.69, 9.17) is 4.74 Å². The number of carbonyl (C=O) groups excluding carboxylic acids is 1. The van der Waals surface area contributed by atoms with E-state index in [-0.39, 0.29) is 28.6 Å². The Kier molecular flexibility index (Phi) is 5.20. The second-order valence-electron chi connectivity index (χ2n) is 8.02. The second-order valence-corrected chi connectivity index (χ2v) is 8.02. The van der Waals surface area contributed by atoms with Crippen LogP contribution in [0, 0.1) is 17.1 Å². The van der Waals surface area contributed by atoms with E-state index >= 15 is 0 Å². The first-order valence-electron chi connectivity index (χ1n) is 9.49. The average Bonchev–Trinajstić information content (AvgIpc) is 2.91. The zero-order chi connectivity index (χ0) is 20.6. The molecule has 0 saturated carbocycles. The Bertz CT molecular complexity index is 1000. The molecule has 0 spiro atoms. The zero-order valence-corrected chi connectivity index (χ0v) is 16.7. The lowest BCUT2D eigenvalue weighted by Crippen LogP contribution is -2.43. The summed E-state index contributed by atoms with van der Waals surface area (Å²) in [4.78, 5) is 27.0. The van der Waals surface area contributed by atoms with Crippen LogP contribution in [0.1, 0.15) is 52.1 Å². The van der Waals surface area contributed by atoms with Gasteiger partial charge in [-0.2, -0.15) is 5.26 Å². The van der Waals surface area contributed by atoms with Crippen LogP contribution in [0.15, 0.2) is 16.9 Å². The summed E-state index contributed by atoms with van der Waals surface area (Å²) in [6.07, 6.45) is 0.808. The molecular formula is C20H25FN4O3. The molecule has 0 bridgehead atoms. The Hall–Kier alpha value is -2.82. The van der Waals surface area contributed by atoms with Crippen LogP contribution >= 0.6 is 0 Å². The quantitative estimate of drug-likeness (QED) is 0.790. The van der Waals surface area contributed by atoms with Crippen molar-refractivity contribution in [2.24, 2.45) is 0 Å². The molecule has 3 rings (SSSR count). The van der Waals surface area contributed by atoms with Crippen molar-refractivity contribution in [3.05, 3.63) is 33.9 Å².